The van der Waals surface area contributed by atoms with E-state index in [4.69, 9.17) is 15.5 Å². The Hall–Kier alpha value is -1.70. The number of thiophene rings is 1. The topological polar surface area (TPSA) is 80.5 Å². The van der Waals surface area contributed by atoms with Gasteiger partial charge in [0.15, 0.2) is 0 Å². The van der Waals surface area contributed by atoms with Gasteiger partial charge in [-0.25, -0.2) is 4.98 Å². The first-order valence-electron chi connectivity index (χ1n) is 10.6. The fourth-order valence-corrected chi connectivity index (χ4v) is 5.34. The zero-order valence-corrected chi connectivity index (χ0v) is 18.5. The standard InChI is InChI=1S/C22H32N4O2S/c1-22(2,3)15-4-5-17-14(12-15)13-16-18(23)19(29-21(16)25-17)20(27)24-6-7-26-8-10-28-11-9-26/h13,15H,4-12,23H2,1-3H3,(H,24,27). The first kappa shape index (κ1) is 20.6. The lowest BCUT2D eigenvalue weighted by atomic mass is 9.71. The normalized spacial score (nSPS) is 20.6. The Morgan fingerprint density at radius 3 is 2.86 bits per heavy atom. The lowest BCUT2D eigenvalue weighted by Crippen LogP contribution is -2.41. The van der Waals surface area contributed by atoms with Gasteiger partial charge in [0.05, 0.1) is 18.9 Å². The molecule has 1 saturated heterocycles. The molecule has 2 aromatic heterocycles. The van der Waals surface area contributed by atoms with E-state index in [1.54, 1.807) is 0 Å². The molecule has 0 bridgehead atoms. The van der Waals surface area contributed by atoms with Gasteiger partial charge in [-0.2, -0.15) is 0 Å². The predicted molar refractivity (Wildman–Crippen MR) is 119 cm³/mol. The monoisotopic (exact) mass is 416 g/mol. The molecule has 158 valence electrons. The second-order valence-corrected chi connectivity index (χ2v) is 10.3. The fraction of sp³-hybridized carbons (Fsp3) is 0.636. The average Bonchev–Trinajstić information content (AvgIpc) is 3.02. The molecule has 3 heterocycles. The first-order valence-corrected chi connectivity index (χ1v) is 11.4. The molecule has 1 fully saturated rings. The third-order valence-corrected chi connectivity index (χ3v) is 7.45. The van der Waals surface area contributed by atoms with Crippen molar-refractivity contribution in [2.24, 2.45) is 11.3 Å². The summed E-state index contributed by atoms with van der Waals surface area (Å²) in [6, 6.07) is 2.19. The number of amides is 1. The van der Waals surface area contributed by atoms with E-state index < -0.39 is 0 Å². The van der Waals surface area contributed by atoms with E-state index in [1.165, 1.54) is 29.0 Å². The summed E-state index contributed by atoms with van der Waals surface area (Å²) in [7, 11) is 0. The van der Waals surface area contributed by atoms with Crippen LogP contribution in [0.4, 0.5) is 5.69 Å². The highest BCUT2D eigenvalue weighted by molar-refractivity contribution is 7.21. The Kier molecular flexibility index (Phi) is 5.82. The SMILES string of the molecule is CC(C)(C)C1CCc2nc3sc(C(=O)NCCN4CCOCC4)c(N)c3cc2C1. The fourth-order valence-electron chi connectivity index (χ4n) is 4.33. The molecule has 0 aromatic carbocycles. The van der Waals surface area contributed by atoms with E-state index in [1.807, 2.05) is 0 Å². The number of nitrogens with one attached hydrogen (secondary N) is 1. The summed E-state index contributed by atoms with van der Waals surface area (Å²) in [6.07, 6.45) is 3.22. The summed E-state index contributed by atoms with van der Waals surface area (Å²) >= 11 is 1.42. The van der Waals surface area contributed by atoms with Gasteiger partial charge in [0, 0.05) is 37.3 Å². The molecule has 3 N–H and O–H groups in total. The summed E-state index contributed by atoms with van der Waals surface area (Å²) in [6.45, 7) is 11.8. The number of morpholine rings is 1. The molecule has 1 amide bonds. The largest absolute Gasteiger partial charge is 0.397 e. The molecule has 1 atom stereocenters. The van der Waals surface area contributed by atoms with Crippen LogP contribution in [0.25, 0.3) is 10.2 Å². The van der Waals surface area contributed by atoms with Gasteiger partial charge in [0.25, 0.3) is 5.91 Å². The second-order valence-electron chi connectivity index (χ2n) is 9.31. The number of aryl methyl sites for hydroxylation is 1. The molecule has 1 aliphatic carbocycles. The third kappa shape index (κ3) is 4.42. The van der Waals surface area contributed by atoms with Gasteiger partial charge < -0.3 is 15.8 Å². The van der Waals surface area contributed by atoms with Crippen molar-refractivity contribution in [3.05, 3.63) is 22.2 Å². The van der Waals surface area contributed by atoms with Crippen molar-refractivity contribution in [2.75, 3.05) is 45.1 Å². The maximum atomic E-state index is 12.7. The van der Waals surface area contributed by atoms with Crippen LogP contribution in [0.5, 0.6) is 0 Å². The molecular formula is C22H32N4O2S. The van der Waals surface area contributed by atoms with Gasteiger partial charge in [0.2, 0.25) is 0 Å². The van der Waals surface area contributed by atoms with Crippen LogP contribution in [-0.4, -0.2) is 55.2 Å². The Morgan fingerprint density at radius 1 is 1.38 bits per heavy atom. The van der Waals surface area contributed by atoms with Crippen LogP contribution < -0.4 is 11.1 Å². The van der Waals surface area contributed by atoms with Crippen LogP contribution in [-0.2, 0) is 17.6 Å². The van der Waals surface area contributed by atoms with Crippen LogP contribution in [0, 0.1) is 11.3 Å². The number of hydrogen-bond acceptors (Lipinski definition) is 6. The molecular weight excluding hydrogens is 384 g/mol. The van der Waals surface area contributed by atoms with Gasteiger partial charge in [-0.05, 0) is 42.2 Å². The zero-order valence-electron chi connectivity index (χ0n) is 17.7. The van der Waals surface area contributed by atoms with Crippen LogP contribution >= 0.6 is 11.3 Å². The lowest BCUT2D eigenvalue weighted by molar-refractivity contribution is 0.0383. The van der Waals surface area contributed by atoms with Gasteiger partial charge in [-0.15, -0.1) is 11.3 Å². The van der Waals surface area contributed by atoms with E-state index in [9.17, 15) is 4.79 Å². The maximum absolute atomic E-state index is 12.7. The highest BCUT2D eigenvalue weighted by Gasteiger charge is 2.30. The third-order valence-electron chi connectivity index (χ3n) is 6.33. The summed E-state index contributed by atoms with van der Waals surface area (Å²) in [4.78, 5) is 21.4. The van der Waals surface area contributed by atoms with Crippen LogP contribution in [0.3, 0.4) is 0 Å². The molecule has 0 spiro atoms. The molecule has 7 heteroatoms. The first-order chi connectivity index (χ1) is 13.8. The summed E-state index contributed by atoms with van der Waals surface area (Å²) in [5.74, 6) is 0.557. The molecule has 4 rings (SSSR count). The summed E-state index contributed by atoms with van der Waals surface area (Å²) in [5.41, 5.74) is 9.73. The number of anilines is 1. The molecule has 0 saturated carbocycles. The van der Waals surface area contributed by atoms with Crippen molar-refractivity contribution in [1.82, 2.24) is 15.2 Å². The van der Waals surface area contributed by atoms with Gasteiger partial charge in [-0.3, -0.25) is 9.69 Å². The number of carbonyl (C=O) groups is 1. The van der Waals surface area contributed by atoms with E-state index >= 15 is 0 Å². The van der Waals surface area contributed by atoms with Crippen molar-refractivity contribution in [1.29, 1.82) is 0 Å². The van der Waals surface area contributed by atoms with E-state index in [0.29, 0.717) is 28.4 Å². The van der Waals surface area contributed by atoms with E-state index in [2.05, 4.69) is 37.1 Å². The number of aromatic nitrogens is 1. The molecule has 2 aromatic rings. The smallest absolute Gasteiger partial charge is 0.263 e. The van der Waals surface area contributed by atoms with Gasteiger partial charge in [-0.1, -0.05) is 20.8 Å². The molecule has 0 radical (unpaired) electrons. The number of nitrogens with two attached hydrogens (primary N) is 1. The number of nitrogen functional groups attached to an aromatic ring is 1. The van der Waals surface area contributed by atoms with Gasteiger partial charge in [0.1, 0.15) is 9.71 Å². The van der Waals surface area contributed by atoms with Gasteiger partial charge >= 0.3 is 0 Å². The number of carbonyl (C=O) groups excluding carboxylic acids is 1. The Balaban J connectivity index is 1.48. The van der Waals surface area contributed by atoms with Crippen LogP contribution in [0.2, 0.25) is 0 Å². The lowest BCUT2D eigenvalue weighted by Gasteiger charge is -2.34. The van der Waals surface area contributed by atoms with Crippen molar-refractivity contribution in [2.45, 2.75) is 40.0 Å². The quantitative estimate of drug-likeness (QED) is 0.801. The Morgan fingerprint density at radius 2 is 2.14 bits per heavy atom. The van der Waals surface area contributed by atoms with Crippen molar-refractivity contribution in [3.63, 3.8) is 0 Å². The number of fused-ring (bicyclic) bond motifs is 2. The summed E-state index contributed by atoms with van der Waals surface area (Å²) < 4.78 is 5.36. The number of hydrogen-bond donors (Lipinski definition) is 2. The number of nitrogens with zero attached hydrogens (tertiary/aromatic N) is 2. The van der Waals surface area contributed by atoms with Crippen molar-refractivity contribution >= 4 is 33.1 Å². The predicted octanol–water partition coefficient (Wildman–Crippen LogP) is 3.09. The molecule has 1 aliphatic heterocycles. The second kappa shape index (κ2) is 8.20. The van der Waals surface area contributed by atoms with Crippen molar-refractivity contribution in [3.8, 4) is 0 Å². The number of pyridine rings is 1. The van der Waals surface area contributed by atoms with Crippen LogP contribution in [0.1, 0.15) is 48.1 Å². The Bertz CT molecular complexity index is 896. The molecule has 2 aliphatic rings. The highest BCUT2D eigenvalue weighted by atomic mass is 32.1. The maximum Gasteiger partial charge on any atom is 0.263 e. The number of rotatable bonds is 4. The van der Waals surface area contributed by atoms with E-state index in [0.717, 1.165) is 55.9 Å². The molecule has 29 heavy (non-hydrogen) atoms. The minimum absolute atomic E-state index is 0.0932. The minimum atomic E-state index is -0.0932. The average molecular weight is 417 g/mol. The minimum Gasteiger partial charge on any atom is -0.397 e. The van der Waals surface area contributed by atoms with Crippen LogP contribution in [0.15, 0.2) is 6.07 Å². The Labute approximate surface area is 176 Å². The van der Waals surface area contributed by atoms with E-state index in [-0.39, 0.29) is 5.91 Å². The molecule has 6 nitrogen and oxygen atoms in total. The summed E-state index contributed by atoms with van der Waals surface area (Å²) in [5, 5.41) is 3.96. The van der Waals surface area contributed by atoms with Crippen molar-refractivity contribution < 1.29 is 9.53 Å². The highest BCUT2D eigenvalue weighted by Crippen LogP contribution is 2.40. The molecule has 1 unspecified atom stereocenters. The zero-order chi connectivity index (χ0) is 20.6. The number of ether oxygens (including phenoxy) is 1.